The molecule has 36 heavy (non-hydrogen) atoms. The SMILES string of the molecule is COc1cc(C(=O)N2CCC(c3nnc(C)cc3OC)CC2)ncc1Oc1ccc(C(F)(F)F)cc1. The Morgan fingerprint density at radius 2 is 1.64 bits per heavy atom. The monoisotopic (exact) mass is 502 g/mol. The maximum atomic E-state index is 13.1. The molecule has 3 aromatic rings. The highest BCUT2D eigenvalue weighted by Gasteiger charge is 2.31. The average molecular weight is 502 g/mol. The van der Waals surface area contributed by atoms with E-state index in [2.05, 4.69) is 15.2 Å². The third kappa shape index (κ3) is 5.50. The Kier molecular flexibility index (Phi) is 7.27. The molecule has 1 aliphatic heterocycles. The lowest BCUT2D eigenvalue weighted by Gasteiger charge is -2.31. The van der Waals surface area contributed by atoms with E-state index in [1.54, 1.807) is 12.0 Å². The molecule has 2 aromatic heterocycles. The van der Waals surface area contributed by atoms with Gasteiger partial charge in [-0.3, -0.25) is 4.79 Å². The number of nitrogens with zero attached hydrogens (tertiary/aromatic N) is 4. The molecule has 0 saturated carbocycles. The molecule has 1 fully saturated rings. The number of aryl methyl sites for hydroxylation is 1. The summed E-state index contributed by atoms with van der Waals surface area (Å²) in [6.07, 6.45) is -1.71. The molecule has 0 bridgehead atoms. The van der Waals surface area contributed by atoms with Gasteiger partial charge in [-0.25, -0.2) is 4.98 Å². The number of carbonyl (C=O) groups is 1. The molecule has 190 valence electrons. The summed E-state index contributed by atoms with van der Waals surface area (Å²) >= 11 is 0. The molecular weight excluding hydrogens is 477 g/mol. The van der Waals surface area contributed by atoms with Crippen LogP contribution in [-0.4, -0.2) is 53.3 Å². The zero-order chi connectivity index (χ0) is 25.9. The Bertz CT molecular complexity index is 1230. The van der Waals surface area contributed by atoms with Gasteiger partial charge in [-0.05, 0) is 44.0 Å². The van der Waals surface area contributed by atoms with Crippen LogP contribution >= 0.6 is 0 Å². The lowest BCUT2D eigenvalue weighted by Crippen LogP contribution is -2.38. The van der Waals surface area contributed by atoms with Crippen LogP contribution in [0.5, 0.6) is 23.0 Å². The predicted molar refractivity (Wildman–Crippen MR) is 124 cm³/mol. The lowest BCUT2D eigenvalue weighted by atomic mass is 9.92. The van der Waals surface area contributed by atoms with E-state index >= 15 is 0 Å². The van der Waals surface area contributed by atoms with E-state index in [1.807, 2.05) is 13.0 Å². The van der Waals surface area contributed by atoms with Gasteiger partial charge in [0, 0.05) is 31.1 Å². The van der Waals surface area contributed by atoms with Crippen molar-refractivity contribution >= 4 is 5.91 Å². The van der Waals surface area contributed by atoms with Gasteiger partial charge in [0.15, 0.2) is 11.5 Å². The molecule has 0 unspecified atom stereocenters. The Hall–Kier alpha value is -3.89. The second-order valence-corrected chi connectivity index (χ2v) is 8.35. The van der Waals surface area contributed by atoms with E-state index in [1.165, 1.54) is 31.5 Å². The number of aromatic nitrogens is 3. The van der Waals surface area contributed by atoms with E-state index in [-0.39, 0.29) is 34.8 Å². The van der Waals surface area contributed by atoms with Gasteiger partial charge in [0.25, 0.3) is 5.91 Å². The Morgan fingerprint density at radius 1 is 0.972 bits per heavy atom. The molecular formula is C25H25F3N4O4. The van der Waals surface area contributed by atoms with Crippen LogP contribution in [0.1, 0.15) is 46.2 Å². The zero-order valence-electron chi connectivity index (χ0n) is 20.0. The fraction of sp³-hybridized carbons (Fsp3) is 0.360. The number of carbonyl (C=O) groups excluding carboxylic acids is 1. The van der Waals surface area contributed by atoms with Crippen LogP contribution in [0.2, 0.25) is 0 Å². The number of ether oxygens (including phenoxy) is 3. The van der Waals surface area contributed by atoms with Crippen molar-refractivity contribution < 1.29 is 32.2 Å². The van der Waals surface area contributed by atoms with Gasteiger partial charge in [0.1, 0.15) is 22.9 Å². The van der Waals surface area contributed by atoms with Gasteiger partial charge in [-0.15, -0.1) is 0 Å². The lowest BCUT2D eigenvalue weighted by molar-refractivity contribution is -0.137. The number of methoxy groups -OCH3 is 2. The largest absolute Gasteiger partial charge is 0.495 e. The number of piperidine rings is 1. The molecule has 0 N–H and O–H groups in total. The number of pyridine rings is 1. The minimum atomic E-state index is -4.44. The third-order valence-electron chi connectivity index (χ3n) is 5.98. The van der Waals surface area contributed by atoms with Crippen molar-refractivity contribution in [2.45, 2.75) is 31.9 Å². The average Bonchev–Trinajstić information content (AvgIpc) is 2.88. The standard InChI is InChI=1S/C25H25F3N4O4/c1-15-12-21(35-3)23(31-30-15)16-8-10-32(11-9-16)24(33)19-13-20(34-2)22(14-29-19)36-18-6-4-17(5-7-18)25(26,27)28/h4-7,12-14,16H,8-11H2,1-3H3. The molecule has 3 heterocycles. The summed E-state index contributed by atoms with van der Waals surface area (Å²) in [4.78, 5) is 19.0. The molecule has 4 rings (SSSR count). The van der Waals surface area contributed by atoms with Crippen LogP contribution in [0.15, 0.2) is 42.6 Å². The summed E-state index contributed by atoms with van der Waals surface area (Å²) in [6.45, 7) is 2.87. The zero-order valence-corrected chi connectivity index (χ0v) is 20.0. The fourth-order valence-corrected chi connectivity index (χ4v) is 4.06. The Labute approximate surface area is 206 Å². The quantitative estimate of drug-likeness (QED) is 0.467. The number of alkyl halides is 3. The molecule has 0 radical (unpaired) electrons. The number of halogens is 3. The highest BCUT2D eigenvalue weighted by Crippen LogP contribution is 2.36. The summed E-state index contributed by atoms with van der Waals surface area (Å²) in [5.41, 5.74) is 0.962. The van der Waals surface area contributed by atoms with Crippen LogP contribution in [0.25, 0.3) is 0 Å². The normalized spacial score (nSPS) is 14.4. The van der Waals surface area contributed by atoms with Crippen LogP contribution in [0.4, 0.5) is 13.2 Å². The van der Waals surface area contributed by atoms with E-state index < -0.39 is 11.7 Å². The second kappa shape index (κ2) is 10.4. The van der Waals surface area contributed by atoms with Crippen molar-refractivity contribution in [2.24, 2.45) is 0 Å². The topological polar surface area (TPSA) is 86.7 Å². The van der Waals surface area contributed by atoms with E-state index in [0.29, 0.717) is 31.7 Å². The van der Waals surface area contributed by atoms with Crippen molar-refractivity contribution in [2.75, 3.05) is 27.3 Å². The van der Waals surface area contributed by atoms with Gasteiger partial charge in [-0.1, -0.05) is 0 Å². The number of likely N-dealkylation sites (tertiary alicyclic amines) is 1. The smallest absolute Gasteiger partial charge is 0.416 e. The van der Waals surface area contributed by atoms with E-state index in [0.717, 1.165) is 23.5 Å². The van der Waals surface area contributed by atoms with Crippen molar-refractivity contribution in [3.05, 3.63) is 65.2 Å². The molecule has 1 amide bonds. The van der Waals surface area contributed by atoms with Crippen molar-refractivity contribution in [3.8, 4) is 23.0 Å². The number of rotatable bonds is 6. The molecule has 1 aromatic carbocycles. The summed E-state index contributed by atoms with van der Waals surface area (Å²) in [5.74, 6) is 1.16. The summed E-state index contributed by atoms with van der Waals surface area (Å²) in [5, 5.41) is 8.45. The Balaban J connectivity index is 1.43. The fourth-order valence-electron chi connectivity index (χ4n) is 4.06. The third-order valence-corrected chi connectivity index (χ3v) is 5.98. The number of hydrogen-bond acceptors (Lipinski definition) is 7. The van der Waals surface area contributed by atoms with E-state index in [9.17, 15) is 18.0 Å². The highest BCUT2D eigenvalue weighted by molar-refractivity contribution is 5.93. The number of amides is 1. The minimum Gasteiger partial charge on any atom is -0.495 e. The first-order valence-electron chi connectivity index (χ1n) is 11.3. The van der Waals surface area contributed by atoms with Gasteiger partial charge in [-0.2, -0.15) is 23.4 Å². The Morgan fingerprint density at radius 3 is 2.25 bits per heavy atom. The summed E-state index contributed by atoms with van der Waals surface area (Å²) in [7, 11) is 3.01. The highest BCUT2D eigenvalue weighted by atomic mass is 19.4. The van der Waals surface area contributed by atoms with Crippen LogP contribution in [-0.2, 0) is 6.18 Å². The summed E-state index contributed by atoms with van der Waals surface area (Å²) in [6, 6.07) is 7.58. The first-order chi connectivity index (χ1) is 17.2. The molecule has 1 saturated heterocycles. The van der Waals surface area contributed by atoms with Crippen LogP contribution < -0.4 is 14.2 Å². The second-order valence-electron chi connectivity index (χ2n) is 8.35. The van der Waals surface area contributed by atoms with Gasteiger partial charge in [0.2, 0.25) is 0 Å². The summed E-state index contributed by atoms with van der Waals surface area (Å²) < 4.78 is 54.8. The number of hydrogen-bond donors (Lipinski definition) is 0. The van der Waals surface area contributed by atoms with Gasteiger partial charge < -0.3 is 19.1 Å². The van der Waals surface area contributed by atoms with Crippen LogP contribution in [0.3, 0.4) is 0 Å². The van der Waals surface area contributed by atoms with Crippen LogP contribution in [0, 0.1) is 6.92 Å². The number of benzene rings is 1. The molecule has 11 heteroatoms. The van der Waals surface area contributed by atoms with Gasteiger partial charge in [0.05, 0.1) is 31.7 Å². The van der Waals surface area contributed by atoms with Gasteiger partial charge >= 0.3 is 6.18 Å². The maximum Gasteiger partial charge on any atom is 0.416 e. The van der Waals surface area contributed by atoms with Crippen molar-refractivity contribution in [1.82, 2.24) is 20.1 Å². The first-order valence-corrected chi connectivity index (χ1v) is 11.3. The molecule has 0 spiro atoms. The molecule has 0 atom stereocenters. The predicted octanol–water partition coefficient (Wildman–Crippen LogP) is 5.03. The van der Waals surface area contributed by atoms with Crippen molar-refractivity contribution in [1.29, 1.82) is 0 Å². The maximum absolute atomic E-state index is 13.1. The van der Waals surface area contributed by atoms with E-state index in [4.69, 9.17) is 14.2 Å². The van der Waals surface area contributed by atoms with Crippen molar-refractivity contribution in [3.63, 3.8) is 0 Å². The molecule has 0 aliphatic carbocycles. The molecule has 1 aliphatic rings. The minimum absolute atomic E-state index is 0.124. The first kappa shape index (κ1) is 25.2. The molecule has 8 nitrogen and oxygen atoms in total.